The molecule has 2 aromatic carbocycles. The number of rotatable bonds is 5. The Morgan fingerprint density at radius 2 is 2.09 bits per heavy atom. The third-order valence-electron chi connectivity index (χ3n) is 5.33. The monoisotopic (exact) mass is 496 g/mol. The van der Waals surface area contributed by atoms with Crippen molar-refractivity contribution in [3.8, 4) is 17.6 Å². The molecule has 1 atom stereocenters. The molecular weight excluding hydrogens is 478 g/mol. The molecule has 4 aromatic rings. The highest BCUT2D eigenvalue weighted by atomic mass is 35.5. The van der Waals surface area contributed by atoms with E-state index in [4.69, 9.17) is 16.3 Å². The first kappa shape index (κ1) is 22.5. The molecule has 1 aliphatic heterocycles. The molecule has 172 valence electrons. The van der Waals surface area contributed by atoms with Crippen LogP contribution in [0.4, 0.5) is 20.3 Å². The average Bonchev–Trinajstić information content (AvgIpc) is 3.49. The van der Waals surface area contributed by atoms with E-state index in [9.17, 15) is 8.78 Å². The van der Waals surface area contributed by atoms with E-state index in [-0.39, 0.29) is 18.2 Å². The lowest BCUT2D eigenvalue weighted by molar-refractivity contribution is 0.299. The van der Waals surface area contributed by atoms with Gasteiger partial charge >= 0.3 is 0 Å². The maximum atomic E-state index is 13.8. The summed E-state index contributed by atoms with van der Waals surface area (Å²) in [5.74, 6) is 6.46. The molecule has 0 amide bonds. The van der Waals surface area contributed by atoms with Gasteiger partial charge < -0.3 is 15.4 Å². The Labute approximate surface area is 204 Å². The topological polar surface area (TPSA) is 59.1 Å². The van der Waals surface area contributed by atoms with Crippen LogP contribution >= 0.6 is 22.9 Å². The van der Waals surface area contributed by atoms with E-state index in [1.807, 2.05) is 6.07 Å². The van der Waals surface area contributed by atoms with Crippen LogP contribution in [-0.2, 0) is 6.61 Å². The fourth-order valence-electron chi connectivity index (χ4n) is 3.61. The smallest absolute Gasteiger partial charge is 0.151 e. The summed E-state index contributed by atoms with van der Waals surface area (Å²) in [6.07, 6.45) is 3.72. The van der Waals surface area contributed by atoms with Crippen LogP contribution in [0.25, 0.3) is 10.2 Å². The van der Waals surface area contributed by atoms with Gasteiger partial charge in [0.1, 0.15) is 30.3 Å². The van der Waals surface area contributed by atoms with Crippen molar-refractivity contribution in [3.63, 3.8) is 0 Å². The Balaban J connectivity index is 1.31. The molecule has 34 heavy (non-hydrogen) atoms. The fraction of sp³-hybridized carbons (Fsp3) is 0.200. The van der Waals surface area contributed by atoms with Gasteiger partial charge in [0.15, 0.2) is 5.82 Å². The van der Waals surface area contributed by atoms with Gasteiger partial charge in [-0.15, -0.1) is 11.3 Å². The minimum atomic E-state index is -0.539. The Kier molecular flexibility index (Phi) is 6.59. The summed E-state index contributed by atoms with van der Waals surface area (Å²) >= 11 is 7.90. The van der Waals surface area contributed by atoms with Crippen molar-refractivity contribution >= 4 is 44.7 Å². The lowest BCUT2D eigenvalue weighted by atomic mass is 10.2. The number of fused-ring (bicyclic) bond motifs is 1. The van der Waals surface area contributed by atoms with Gasteiger partial charge in [0.05, 0.1) is 26.2 Å². The van der Waals surface area contributed by atoms with E-state index < -0.39 is 11.6 Å². The van der Waals surface area contributed by atoms with E-state index >= 15 is 0 Å². The molecule has 0 bridgehead atoms. The molecule has 5 rings (SSSR count). The third kappa shape index (κ3) is 5.12. The second-order valence-electron chi connectivity index (χ2n) is 7.76. The Morgan fingerprint density at radius 3 is 2.91 bits per heavy atom. The molecule has 0 spiro atoms. The molecule has 5 nitrogen and oxygen atoms in total. The zero-order chi connectivity index (χ0) is 23.5. The standard InChI is InChI=1S/C25H19ClF2N4OS/c26-20-11-18(5-8-23(20)33-13-15-10-16(27)3-7-21(15)28)32-25-24-22(30-14-31-25)12-19(34-24)6-4-17-2-1-9-29-17/h3,5,7-8,10-12,14,17,29H,1-2,9,13H2,(H,30,31,32)/t17-/m1/s1. The Bertz CT molecular complexity index is 1410. The summed E-state index contributed by atoms with van der Waals surface area (Å²) in [5.41, 5.74) is 1.63. The SMILES string of the molecule is Fc1ccc(F)c(COc2ccc(Nc3ncnc4cc(C#C[C@H]5CCCN5)sc34)cc2Cl)c1. The second kappa shape index (κ2) is 9.94. The summed E-state index contributed by atoms with van der Waals surface area (Å²) in [7, 11) is 0. The number of ether oxygens (including phenoxy) is 1. The van der Waals surface area contributed by atoms with Crippen molar-refractivity contribution in [2.75, 3.05) is 11.9 Å². The zero-order valence-corrected chi connectivity index (χ0v) is 19.4. The first-order valence-electron chi connectivity index (χ1n) is 10.7. The number of benzene rings is 2. The van der Waals surface area contributed by atoms with Gasteiger partial charge in [0, 0.05) is 11.3 Å². The van der Waals surface area contributed by atoms with Crippen LogP contribution in [0.5, 0.6) is 5.75 Å². The summed E-state index contributed by atoms with van der Waals surface area (Å²) in [6, 6.07) is 10.6. The summed E-state index contributed by atoms with van der Waals surface area (Å²) < 4.78 is 33.7. The molecular formula is C25H19ClF2N4OS. The average molecular weight is 497 g/mol. The molecule has 1 saturated heterocycles. The molecule has 2 aromatic heterocycles. The Hall–Kier alpha value is -3.25. The van der Waals surface area contributed by atoms with Crippen LogP contribution in [0.3, 0.4) is 0 Å². The quantitative estimate of drug-likeness (QED) is 0.329. The maximum Gasteiger partial charge on any atom is 0.151 e. The summed E-state index contributed by atoms with van der Waals surface area (Å²) in [5, 5.41) is 6.96. The number of nitrogens with one attached hydrogen (secondary N) is 2. The molecule has 9 heteroatoms. The minimum Gasteiger partial charge on any atom is -0.487 e. The van der Waals surface area contributed by atoms with E-state index in [1.54, 1.807) is 18.2 Å². The maximum absolute atomic E-state index is 13.8. The molecule has 1 fully saturated rings. The molecule has 0 saturated carbocycles. The molecule has 0 radical (unpaired) electrons. The van der Waals surface area contributed by atoms with Crippen molar-refractivity contribution in [2.45, 2.75) is 25.5 Å². The highest BCUT2D eigenvalue weighted by Gasteiger charge is 2.13. The van der Waals surface area contributed by atoms with Crippen molar-refractivity contribution in [3.05, 3.63) is 75.9 Å². The third-order valence-corrected chi connectivity index (χ3v) is 6.67. The summed E-state index contributed by atoms with van der Waals surface area (Å²) in [4.78, 5) is 9.66. The molecule has 0 aliphatic carbocycles. The van der Waals surface area contributed by atoms with Gasteiger partial charge in [-0.3, -0.25) is 0 Å². The lowest BCUT2D eigenvalue weighted by Crippen LogP contribution is -2.18. The van der Waals surface area contributed by atoms with Crippen LogP contribution in [0.2, 0.25) is 5.02 Å². The highest BCUT2D eigenvalue weighted by molar-refractivity contribution is 7.20. The number of thiophene rings is 1. The molecule has 1 aliphatic rings. The van der Waals surface area contributed by atoms with E-state index in [0.29, 0.717) is 22.3 Å². The van der Waals surface area contributed by atoms with Gasteiger partial charge in [0.2, 0.25) is 0 Å². The van der Waals surface area contributed by atoms with Gasteiger partial charge in [-0.05, 0) is 61.9 Å². The number of nitrogens with zero attached hydrogens (tertiary/aromatic N) is 2. The zero-order valence-electron chi connectivity index (χ0n) is 17.9. The van der Waals surface area contributed by atoms with Gasteiger partial charge in [-0.2, -0.15) is 0 Å². The predicted octanol–water partition coefficient (Wildman–Crippen LogP) is 6.05. The first-order chi connectivity index (χ1) is 16.5. The van der Waals surface area contributed by atoms with Crippen LogP contribution in [0.15, 0.2) is 48.8 Å². The van der Waals surface area contributed by atoms with Gasteiger partial charge in [-0.1, -0.05) is 23.4 Å². The summed E-state index contributed by atoms with van der Waals surface area (Å²) in [6.45, 7) is 0.872. The van der Waals surface area contributed by atoms with Crippen LogP contribution in [0.1, 0.15) is 23.3 Å². The number of hydrogen-bond donors (Lipinski definition) is 2. The minimum absolute atomic E-state index is 0.113. The van der Waals surface area contributed by atoms with Crippen molar-refractivity contribution in [2.24, 2.45) is 0 Å². The lowest BCUT2D eigenvalue weighted by Gasteiger charge is -2.11. The van der Waals surface area contributed by atoms with E-state index in [0.717, 1.165) is 52.7 Å². The van der Waals surface area contributed by atoms with E-state index in [1.165, 1.54) is 17.7 Å². The first-order valence-corrected chi connectivity index (χ1v) is 11.9. The van der Waals surface area contributed by atoms with Crippen LogP contribution < -0.4 is 15.4 Å². The number of halogens is 3. The van der Waals surface area contributed by atoms with Gasteiger partial charge in [0.25, 0.3) is 0 Å². The van der Waals surface area contributed by atoms with Crippen molar-refractivity contribution in [1.82, 2.24) is 15.3 Å². The van der Waals surface area contributed by atoms with Crippen molar-refractivity contribution in [1.29, 1.82) is 0 Å². The number of hydrogen-bond acceptors (Lipinski definition) is 6. The van der Waals surface area contributed by atoms with Crippen LogP contribution in [0, 0.1) is 23.5 Å². The number of anilines is 2. The molecule has 0 unspecified atom stereocenters. The number of aromatic nitrogens is 2. The molecule has 3 heterocycles. The largest absolute Gasteiger partial charge is 0.487 e. The predicted molar refractivity (Wildman–Crippen MR) is 131 cm³/mol. The van der Waals surface area contributed by atoms with Crippen LogP contribution in [-0.4, -0.2) is 22.6 Å². The normalized spacial score (nSPS) is 15.2. The molecule has 2 N–H and O–H groups in total. The van der Waals surface area contributed by atoms with Gasteiger partial charge in [-0.25, -0.2) is 18.7 Å². The van der Waals surface area contributed by atoms with Crippen molar-refractivity contribution < 1.29 is 13.5 Å². The second-order valence-corrected chi connectivity index (χ2v) is 9.22. The van der Waals surface area contributed by atoms with E-state index in [2.05, 4.69) is 32.4 Å². The highest BCUT2D eigenvalue weighted by Crippen LogP contribution is 2.33. The Morgan fingerprint density at radius 1 is 1.18 bits per heavy atom. The fourth-order valence-corrected chi connectivity index (χ4v) is 4.76.